The predicted molar refractivity (Wildman–Crippen MR) is 100 cm³/mol. The average molecular weight is 385 g/mol. The van der Waals surface area contributed by atoms with Crippen LogP contribution in [0.5, 0.6) is 0 Å². The highest BCUT2D eigenvalue weighted by Crippen LogP contribution is 2.41. The maximum Gasteiger partial charge on any atom is 0.306 e. The molecule has 1 heterocycles. The van der Waals surface area contributed by atoms with Crippen LogP contribution >= 0.6 is 23.2 Å². The molecule has 1 aliphatic carbocycles. The lowest BCUT2D eigenvalue weighted by Crippen LogP contribution is -2.29. The second-order valence-corrected chi connectivity index (χ2v) is 7.37. The van der Waals surface area contributed by atoms with E-state index in [4.69, 9.17) is 34.0 Å². The Morgan fingerprint density at radius 3 is 2.64 bits per heavy atom. The first kappa shape index (κ1) is 18.3. The Bertz CT molecular complexity index is 687. The number of carbonyl (C=O) groups is 1. The van der Waals surface area contributed by atoms with Crippen LogP contribution in [-0.4, -0.2) is 30.1 Å². The van der Waals surface area contributed by atoms with Crippen LogP contribution in [0.4, 0.5) is 5.69 Å². The zero-order valence-corrected chi connectivity index (χ0v) is 15.3. The SMILES string of the molecule is NC(c1ccc(Cl)c(NC2=NCCN2)c1Cl)C1CCC(C(=O)O)CC1. The monoisotopic (exact) mass is 384 g/mol. The third-order valence-corrected chi connectivity index (χ3v) is 5.75. The van der Waals surface area contributed by atoms with Crippen molar-refractivity contribution in [3.63, 3.8) is 0 Å². The zero-order valence-electron chi connectivity index (χ0n) is 13.8. The van der Waals surface area contributed by atoms with Crippen molar-refractivity contribution in [2.75, 3.05) is 18.4 Å². The highest BCUT2D eigenvalue weighted by Gasteiger charge is 2.31. The summed E-state index contributed by atoms with van der Waals surface area (Å²) in [6.07, 6.45) is 2.89. The fraction of sp³-hybridized carbons (Fsp3) is 0.529. The lowest BCUT2D eigenvalue weighted by Gasteiger charge is -2.31. The summed E-state index contributed by atoms with van der Waals surface area (Å²) in [5.74, 6) is -0.110. The summed E-state index contributed by atoms with van der Waals surface area (Å²) in [4.78, 5) is 15.4. The number of halogens is 2. The van der Waals surface area contributed by atoms with Crippen LogP contribution in [0.15, 0.2) is 17.1 Å². The molecule has 0 radical (unpaired) electrons. The second-order valence-electron chi connectivity index (χ2n) is 6.58. The molecule has 0 bridgehead atoms. The Morgan fingerprint density at radius 1 is 1.32 bits per heavy atom. The van der Waals surface area contributed by atoms with Crippen molar-refractivity contribution < 1.29 is 9.90 Å². The van der Waals surface area contributed by atoms with Gasteiger partial charge in [-0.2, -0.15) is 0 Å². The molecule has 136 valence electrons. The first-order valence-electron chi connectivity index (χ1n) is 8.49. The number of hydrogen-bond acceptors (Lipinski definition) is 5. The molecule has 6 nitrogen and oxygen atoms in total. The first-order valence-corrected chi connectivity index (χ1v) is 9.24. The predicted octanol–water partition coefficient (Wildman–Crippen LogP) is 3.26. The van der Waals surface area contributed by atoms with Crippen LogP contribution in [0.1, 0.15) is 37.3 Å². The molecular weight excluding hydrogens is 363 g/mol. The molecule has 0 saturated heterocycles. The lowest BCUT2D eigenvalue weighted by atomic mass is 9.77. The Kier molecular flexibility index (Phi) is 5.71. The fourth-order valence-electron chi connectivity index (χ4n) is 3.52. The lowest BCUT2D eigenvalue weighted by molar-refractivity contribution is -0.143. The van der Waals surface area contributed by atoms with Gasteiger partial charge in [0.25, 0.3) is 0 Å². The van der Waals surface area contributed by atoms with E-state index in [-0.39, 0.29) is 17.9 Å². The van der Waals surface area contributed by atoms with Gasteiger partial charge in [0.2, 0.25) is 0 Å². The molecule has 1 aromatic carbocycles. The molecule has 5 N–H and O–H groups in total. The first-order chi connectivity index (χ1) is 12.0. The number of hydrogen-bond donors (Lipinski definition) is 4. The Balaban J connectivity index is 1.76. The summed E-state index contributed by atoms with van der Waals surface area (Å²) in [5.41, 5.74) is 7.90. The van der Waals surface area contributed by atoms with E-state index in [9.17, 15) is 4.79 Å². The number of aliphatic carboxylic acids is 1. The number of benzene rings is 1. The van der Waals surface area contributed by atoms with E-state index in [1.54, 1.807) is 6.07 Å². The van der Waals surface area contributed by atoms with Crippen LogP contribution in [0.25, 0.3) is 0 Å². The molecule has 1 atom stereocenters. The minimum atomic E-state index is -0.715. The van der Waals surface area contributed by atoms with Gasteiger partial charge in [0.05, 0.1) is 28.2 Å². The van der Waals surface area contributed by atoms with Crippen LogP contribution in [0, 0.1) is 11.8 Å². The van der Waals surface area contributed by atoms with E-state index < -0.39 is 5.97 Å². The van der Waals surface area contributed by atoms with Gasteiger partial charge in [0, 0.05) is 12.6 Å². The topological polar surface area (TPSA) is 99.7 Å². The van der Waals surface area contributed by atoms with Gasteiger partial charge >= 0.3 is 5.97 Å². The van der Waals surface area contributed by atoms with Crippen molar-refractivity contribution in [1.29, 1.82) is 0 Å². The van der Waals surface area contributed by atoms with Crippen molar-refractivity contribution in [3.05, 3.63) is 27.7 Å². The molecule has 1 aliphatic heterocycles. The number of anilines is 1. The number of carboxylic acid groups (broad SMARTS) is 1. The molecule has 0 amide bonds. The van der Waals surface area contributed by atoms with E-state index in [2.05, 4.69) is 15.6 Å². The average Bonchev–Trinajstić information content (AvgIpc) is 3.11. The molecule has 1 saturated carbocycles. The van der Waals surface area contributed by atoms with Gasteiger partial charge in [-0.25, -0.2) is 0 Å². The van der Waals surface area contributed by atoms with Gasteiger partial charge < -0.3 is 21.5 Å². The van der Waals surface area contributed by atoms with Crippen LogP contribution < -0.4 is 16.4 Å². The maximum absolute atomic E-state index is 11.1. The molecule has 0 spiro atoms. The number of rotatable bonds is 4. The van der Waals surface area contributed by atoms with Gasteiger partial charge in [-0.1, -0.05) is 29.3 Å². The summed E-state index contributed by atoms with van der Waals surface area (Å²) in [7, 11) is 0. The fourth-order valence-corrected chi connectivity index (χ4v) is 4.11. The van der Waals surface area contributed by atoms with Gasteiger partial charge in [-0.15, -0.1) is 0 Å². The quantitative estimate of drug-likeness (QED) is 0.638. The maximum atomic E-state index is 11.1. The number of nitrogens with zero attached hydrogens (tertiary/aromatic N) is 1. The van der Waals surface area contributed by atoms with Crippen molar-refractivity contribution in [1.82, 2.24) is 5.32 Å². The molecule has 1 fully saturated rings. The highest BCUT2D eigenvalue weighted by molar-refractivity contribution is 6.40. The Morgan fingerprint density at radius 2 is 2.04 bits per heavy atom. The third-order valence-electron chi connectivity index (χ3n) is 5.03. The van der Waals surface area contributed by atoms with Crippen molar-refractivity contribution in [2.45, 2.75) is 31.7 Å². The van der Waals surface area contributed by atoms with Crippen molar-refractivity contribution in [2.24, 2.45) is 22.6 Å². The summed E-state index contributed by atoms with van der Waals surface area (Å²) in [6, 6.07) is 3.38. The normalized spacial score (nSPS) is 24.4. The van der Waals surface area contributed by atoms with E-state index in [1.807, 2.05) is 6.07 Å². The number of nitrogens with one attached hydrogen (secondary N) is 2. The number of guanidine groups is 1. The molecule has 1 aromatic rings. The summed E-state index contributed by atoms with van der Waals surface area (Å²) in [5, 5.41) is 16.4. The minimum Gasteiger partial charge on any atom is -0.481 e. The largest absolute Gasteiger partial charge is 0.481 e. The zero-order chi connectivity index (χ0) is 18.0. The molecule has 2 aliphatic rings. The smallest absolute Gasteiger partial charge is 0.306 e. The van der Waals surface area contributed by atoms with E-state index in [0.29, 0.717) is 41.1 Å². The second kappa shape index (κ2) is 7.81. The number of carboxylic acids is 1. The highest BCUT2D eigenvalue weighted by atomic mass is 35.5. The van der Waals surface area contributed by atoms with Gasteiger partial charge in [-0.05, 0) is 43.2 Å². The summed E-state index contributed by atoms with van der Waals surface area (Å²) >= 11 is 12.9. The molecule has 3 rings (SSSR count). The van der Waals surface area contributed by atoms with E-state index in [0.717, 1.165) is 24.9 Å². The third kappa shape index (κ3) is 4.02. The van der Waals surface area contributed by atoms with Crippen LogP contribution in [0.3, 0.4) is 0 Å². The van der Waals surface area contributed by atoms with Crippen molar-refractivity contribution >= 4 is 40.8 Å². The molecule has 1 unspecified atom stereocenters. The van der Waals surface area contributed by atoms with Crippen LogP contribution in [-0.2, 0) is 4.79 Å². The summed E-state index contributed by atoms with van der Waals surface area (Å²) in [6.45, 7) is 1.49. The van der Waals surface area contributed by atoms with Gasteiger partial charge in [-0.3, -0.25) is 9.79 Å². The Labute approximate surface area is 156 Å². The number of nitrogens with two attached hydrogens (primary N) is 1. The molecule has 25 heavy (non-hydrogen) atoms. The van der Waals surface area contributed by atoms with Crippen molar-refractivity contribution in [3.8, 4) is 0 Å². The molecule has 8 heteroatoms. The molecular formula is C17H22Cl2N4O2. The van der Waals surface area contributed by atoms with E-state index >= 15 is 0 Å². The van der Waals surface area contributed by atoms with E-state index in [1.165, 1.54) is 0 Å². The Hall–Kier alpha value is -1.50. The molecule has 0 aromatic heterocycles. The number of aliphatic imine (C=N–C) groups is 1. The van der Waals surface area contributed by atoms with Gasteiger partial charge in [0.15, 0.2) is 5.96 Å². The summed E-state index contributed by atoms with van der Waals surface area (Å²) < 4.78 is 0. The van der Waals surface area contributed by atoms with Gasteiger partial charge in [0.1, 0.15) is 0 Å². The minimum absolute atomic E-state index is 0.212. The standard InChI is InChI=1S/C17H22Cl2N4O2/c18-12-6-5-11(13(19)15(12)23-17-21-7-8-22-17)14(20)9-1-3-10(4-2-9)16(24)25/h5-6,9-10,14H,1-4,7-8,20H2,(H,24,25)(H2,21,22,23). The van der Waals surface area contributed by atoms with Crippen LogP contribution in [0.2, 0.25) is 10.0 Å².